The van der Waals surface area contributed by atoms with Crippen molar-refractivity contribution in [1.82, 2.24) is 4.90 Å². The number of rotatable bonds is 6. The molecule has 0 N–H and O–H groups in total. The van der Waals surface area contributed by atoms with Gasteiger partial charge in [-0.2, -0.15) is 0 Å². The summed E-state index contributed by atoms with van der Waals surface area (Å²) >= 11 is 0. The van der Waals surface area contributed by atoms with E-state index in [0.29, 0.717) is 0 Å². The third-order valence-electron chi connectivity index (χ3n) is 6.04. The van der Waals surface area contributed by atoms with Crippen molar-refractivity contribution in [3.05, 3.63) is 91.0 Å². The summed E-state index contributed by atoms with van der Waals surface area (Å²) in [5, 5.41) is 4.51. The molecule has 0 saturated carbocycles. The van der Waals surface area contributed by atoms with E-state index in [1.165, 1.54) is 67.4 Å². The van der Waals surface area contributed by atoms with Crippen molar-refractivity contribution in [3.8, 4) is 0 Å². The molecule has 152 valence electrons. The maximum atomic E-state index is 2.72. The second-order valence-electron chi connectivity index (χ2n) is 7.80. The lowest BCUT2D eigenvalue weighted by Gasteiger charge is -2.30. The number of halogens is 1. The van der Waals surface area contributed by atoms with Gasteiger partial charge in [0, 0.05) is 6.54 Å². The molecule has 4 rings (SSSR count). The van der Waals surface area contributed by atoms with E-state index in [4.69, 9.17) is 0 Å². The summed E-state index contributed by atoms with van der Waals surface area (Å²) < 4.78 is 0. The van der Waals surface area contributed by atoms with Crippen molar-refractivity contribution in [2.24, 2.45) is 0 Å². The molecular formula is C26H31BrNP. The maximum Gasteiger partial charge on any atom is 0.113 e. The Morgan fingerprint density at radius 1 is 0.552 bits per heavy atom. The third kappa shape index (κ3) is 5.18. The Balaban J connectivity index is 0.00000240. The first kappa shape index (κ1) is 22.2. The summed E-state index contributed by atoms with van der Waals surface area (Å²) in [6.45, 7) is 3.71. The van der Waals surface area contributed by atoms with Crippen LogP contribution < -0.4 is 32.9 Å². The molecule has 1 aliphatic rings. The van der Waals surface area contributed by atoms with Crippen LogP contribution in [0.3, 0.4) is 0 Å². The van der Waals surface area contributed by atoms with Crippen molar-refractivity contribution in [2.75, 3.05) is 25.8 Å². The minimum atomic E-state index is -1.68. The molecule has 3 heteroatoms. The summed E-state index contributed by atoms with van der Waals surface area (Å²) in [6.07, 6.45) is 6.71. The zero-order chi connectivity index (χ0) is 19.1. The summed E-state index contributed by atoms with van der Waals surface area (Å²) in [6, 6.07) is 33.8. The monoisotopic (exact) mass is 467 g/mol. The lowest BCUT2D eigenvalue weighted by Crippen LogP contribution is -3.00. The molecule has 0 spiro atoms. The smallest absolute Gasteiger partial charge is 0.113 e. The van der Waals surface area contributed by atoms with Gasteiger partial charge in [-0.25, -0.2) is 0 Å². The van der Waals surface area contributed by atoms with Crippen molar-refractivity contribution in [2.45, 2.75) is 25.7 Å². The molecule has 1 fully saturated rings. The van der Waals surface area contributed by atoms with Crippen molar-refractivity contribution in [3.63, 3.8) is 0 Å². The first-order valence-corrected chi connectivity index (χ1v) is 12.6. The Morgan fingerprint density at radius 2 is 0.931 bits per heavy atom. The minimum Gasteiger partial charge on any atom is -1.00 e. The van der Waals surface area contributed by atoms with Gasteiger partial charge in [0.2, 0.25) is 0 Å². The highest BCUT2D eigenvalue weighted by Gasteiger charge is 2.45. The largest absolute Gasteiger partial charge is 1.00 e. The van der Waals surface area contributed by atoms with Gasteiger partial charge in [-0.15, -0.1) is 0 Å². The summed E-state index contributed by atoms with van der Waals surface area (Å²) in [5.41, 5.74) is 0. The number of benzene rings is 3. The SMILES string of the molecule is [Br-].c1ccc([P+](CCN2CCCCCC2)(c2ccccc2)c2ccccc2)cc1. The molecule has 1 heterocycles. The van der Waals surface area contributed by atoms with Crippen LogP contribution in [0.15, 0.2) is 91.0 Å². The van der Waals surface area contributed by atoms with E-state index in [1.54, 1.807) is 0 Å². The van der Waals surface area contributed by atoms with Gasteiger partial charge in [0.15, 0.2) is 0 Å². The molecule has 0 aliphatic carbocycles. The van der Waals surface area contributed by atoms with Gasteiger partial charge in [-0.1, -0.05) is 67.4 Å². The fraction of sp³-hybridized carbons (Fsp3) is 0.308. The average molecular weight is 468 g/mol. The van der Waals surface area contributed by atoms with Crippen LogP contribution >= 0.6 is 7.26 Å². The van der Waals surface area contributed by atoms with Gasteiger partial charge in [0.05, 0.1) is 6.16 Å². The predicted molar refractivity (Wildman–Crippen MR) is 125 cm³/mol. The zero-order valence-electron chi connectivity index (χ0n) is 17.1. The highest BCUT2D eigenvalue weighted by atomic mass is 79.9. The number of hydrogen-bond acceptors (Lipinski definition) is 1. The van der Waals surface area contributed by atoms with E-state index in [2.05, 4.69) is 95.9 Å². The number of nitrogens with zero attached hydrogens (tertiary/aromatic N) is 1. The minimum absolute atomic E-state index is 0. The molecule has 29 heavy (non-hydrogen) atoms. The van der Waals surface area contributed by atoms with E-state index in [0.717, 1.165) is 0 Å². The topological polar surface area (TPSA) is 3.24 Å². The molecule has 0 unspecified atom stereocenters. The molecule has 1 aliphatic heterocycles. The van der Waals surface area contributed by atoms with Gasteiger partial charge >= 0.3 is 0 Å². The normalized spacial score (nSPS) is 15.3. The van der Waals surface area contributed by atoms with Crippen LogP contribution in [0.5, 0.6) is 0 Å². The first-order valence-electron chi connectivity index (χ1n) is 10.7. The van der Waals surface area contributed by atoms with Crippen molar-refractivity contribution >= 4 is 23.2 Å². The summed E-state index contributed by atoms with van der Waals surface area (Å²) in [4.78, 5) is 2.72. The Hall–Kier alpha value is -1.47. The molecule has 1 nitrogen and oxygen atoms in total. The van der Waals surface area contributed by atoms with Gasteiger partial charge in [-0.05, 0) is 62.3 Å². The highest BCUT2D eigenvalue weighted by molar-refractivity contribution is 7.95. The van der Waals surface area contributed by atoms with Crippen molar-refractivity contribution < 1.29 is 17.0 Å². The first-order chi connectivity index (χ1) is 13.9. The molecule has 0 atom stereocenters. The Morgan fingerprint density at radius 3 is 1.31 bits per heavy atom. The standard InChI is InChI=1S/C26H31NP.BrH/c1-2-13-21-27(20-12-1)22-23-28(24-14-6-3-7-15-24,25-16-8-4-9-17-25)26-18-10-5-11-19-26;/h3-11,14-19H,1-2,12-13,20-23H2;1H/q+1;/p-1. The van der Waals surface area contributed by atoms with Crippen LogP contribution in [0.1, 0.15) is 25.7 Å². The summed E-state index contributed by atoms with van der Waals surface area (Å²) in [7, 11) is -1.68. The fourth-order valence-electron chi connectivity index (χ4n) is 4.53. The molecule has 1 saturated heterocycles. The molecule has 0 bridgehead atoms. The number of likely N-dealkylation sites (tertiary alicyclic amines) is 1. The van der Waals surface area contributed by atoms with Gasteiger partial charge < -0.3 is 17.0 Å². The molecule has 0 radical (unpaired) electrons. The quantitative estimate of drug-likeness (QED) is 0.500. The maximum absolute atomic E-state index is 2.72. The Labute approximate surface area is 187 Å². The van der Waals surface area contributed by atoms with Crippen LogP contribution in [-0.2, 0) is 0 Å². The van der Waals surface area contributed by atoms with Gasteiger partial charge in [0.25, 0.3) is 0 Å². The van der Waals surface area contributed by atoms with E-state index in [9.17, 15) is 0 Å². The summed E-state index contributed by atoms with van der Waals surface area (Å²) in [5.74, 6) is 0. The van der Waals surface area contributed by atoms with Crippen LogP contribution in [0.2, 0.25) is 0 Å². The third-order valence-corrected chi connectivity index (χ3v) is 10.5. The molecular weight excluding hydrogens is 437 g/mol. The second kappa shape index (κ2) is 11.1. The van der Waals surface area contributed by atoms with Crippen LogP contribution in [0, 0.1) is 0 Å². The molecule has 3 aromatic carbocycles. The highest BCUT2D eigenvalue weighted by Crippen LogP contribution is 2.55. The fourth-order valence-corrected chi connectivity index (χ4v) is 8.83. The van der Waals surface area contributed by atoms with Crippen LogP contribution in [0.25, 0.3) is 0 Å². The molecule has 0 amide bonds. The lowest BCUT2D eigenvalue weighted by atomic mass is 10.2. The Bertz CT molecular complexity index is 734. The van der Waals surface area contributed by atoms with E-state index in [1.807, 2.05) is 0 Å². The predicted octanol–water partition coefficient (Wildman–Crippen LogP) is 1.86. The van der Waals surface area contributed by atoms with E-state index in [-0.39, 0.29) is 17.0 Å². The Kier molecular flexibility index (Phi) is 8.48. The van der Waals surface area contributed by atoms with Gasteiger partial charge in [-0.3, -0.25) is 4.90 Å². The van der Waals surface area contributed by atoms with Gasteiger partial charge in [0.1, 0.15) is 23.2 Å². The average Bonchev–Trinajstić information content (AvgIpc) is 3.06. The van der Waals surface area contributed by atoms with Crippen LogP contribution in [0.4, 0.5) is 0 Å². The van der Waals surface area contributed by atoms with Crippen molar-refractivity contribution in [1.29, 1.82) is 0 Å². The lowest BCUT2D eigenvalue weighted by molar-refractivity contribution is -0.00000553. The van der Waals surface area contributed by atoms with Crippen LogP contribution in [-0.4, -0.2) is 30.7 Å². The van der Waals surface area contributed by atoms with E-state index >= 15 is 0 Å². The zero-order valence-corrected chi connectivity index (χ0v) is 19.6. The molecule has 3 aromatic rings. The van der Waals surface area contributed by atoms with E-state index < -0.39 is 7.26 Å². The molecule has 0 aromatic heterocycles. The number of hydrogen-bond donors (Lipinski definition) is 0. The second-order valence-corrected chi connectivity index (χ2v) is 11.4.